The van der Waals surface area contributed by atoms with E-state index in [2.05, 4.69) is 9.97 Å². The standard InChI is InChI=1S/C13H9Cl2N3S/c14-7-1-3-9(15)12(5-7)19-13-17-10-4-2-8(16)6-11(10)18-13/h1-6H,16H2,(H,17,18). The second-order valence-corrected chi connectivity index (χ2v) is 5.87. The summed E-state index contributed by atoms with van der Waals surface area (Å²) in [6, 6.07) is 10.9. The predicted molar refractivity (Wildman–Crippen MR) is 81.1 cm³/mol. The molecule has 0 fully saturated rings. The number of hydrogen-bond donors (Lipinski definition) is 2. The van der Waals surface area contributed by atoms with Crippen LogP contribution in [0.25, 0.3) is 11.0 Å². The average molecular weight is 310 g/mol. The molecule has 19 heavy (non-hydrogen) atoms. The van der Waals surface area contributed by atoms with Gasteiger partial charge in [-0.1, -0.05) is 35.0 Å². The second-order valence-electron chi connectivity index (χ2n) is 4.00. The first-order chi connectivity index (χ1) is 9.11. The lowest BCUT2D eigenvalue weighted by Gasteiger charge is -2.01. The minimum absolute atomic E-state index is 0.646. The number of imidazole rings is 1. The van der Waals surface area contributed by atoms with Crippen LogP contribution in [0.1, 0.15) is 0 Å². The molecule has 0 saturated heterocycles. The molecule has 0 unspecified atom stereocenters. The van der Waals surface area contributed by atoms with E-state index in [1.165, 1.54) is 11.8 Å². The lowest BCUT2D eigenvalue weighted by molar-refractivity contribution is 1.08. The number of aromatic nitrogens is 2. The van der Waals surface area contributed by atoms with Crippen molar-refractivity contribution in [2.75, 3.05) is 5.73 Å². The van der Waals surface area contributed by atoms with E-state index in [1.807, 2.05) is 24.3 Å². The van der Waals surface area contributed by atoms with Crippen LogP contribution in [-0.4, -0.2) is 9.97 Å². The van der Waals surface area contributed by atoms with Gasteiger partial charge >= 0.3 is 0 Å². The lowest BCUT2D eigenvalue weighted by Crippen LogP contribution is -1.82. The Hall–Kier alpha value is -1.36. The number of nitrogens with zero attached hydrogens (tertiary/aromatic N) is 1. The SMILES string of the molecule is Nc1ccc2nc(Sc3cc(Cl)ccc3Cl)[nH]c2c1. The van der Waals surface area contributed by atoms with Crippen LogP contribution in [-0.2, 0) is 0 Å². The lowest BCUT2D eigenvalue weighted by atomic mass is 10.3. The number of hydrogen-bond acceptors (Lipinski definition) is 3. The molecular formula is C13H9Cl2N3S. The Kier molecular flexibility index (Phi) is 3.31. The first-order valence-electron chi connectivity index (χ1n) is 5.50. The van der Waals surface area contributed by atoms with Crippen molar-refractivity contribution in [3.05, 3.63) is 46.4 Å². The fourth-order valence-corrected chi connectivity index (χ4v) is 3.05. The fourth-order valence-electron chi connectivity index (χ4n) is 1.71. The number of nitrogens with two attached hydrogens (primary N) is 1. The van der Waals surface area contributed by atoms with Crippen molar-refractivity contribution >= 4 is 51.7 Å². The Morgan fingerprint density at radius 2 is 1.95 bits per heavy atom. The summed E-state index contributed by atoms with van der Waals surface area (Å²) < 4.78 is 0. The van der Waals surface area contributed by atoms with Crippen LogP contribution in [0.4, 0.5) is 5.69 Å². The number of rotatable bonds is 2. The zero-order valence-corrected chi connectivity index (χ0v) is 12.0. The van der Waals surface area contributed by atoms with Crippen molar-refractivity contribution in [3.63, 3.8) is 0 Å². The molecule has 1 aromatic heterocycles. The minimum Gasteiger partial charge on any atom is -0.399 e. The summed E-state index contributed by atoms with van der Waals surface area (Å²) in [5, 5.41) is 2.05. The molecule has 2 aromatic carbocycles. The van der Waals surface area contributed by atoms with Crippen LogP contribution in [0.3, 0.4) is 0 Å². The van der Waals surface area contributed by atoms with Gasteiger partial charge in [-0.2, -0.15) is 0 Å². The summed E-state index contributed by atoms with van der Waals surface area (Å²) in [6.07, 6.45) is 0. The van der Waals surface area contributed by atoms with Gasteiger partial charge in [0.2, 0.25) is 0 Å². The Morgan fingerprint density at radius 3 is 2.79 bits per heavy atom. The van der Waals surface area contributed by atoms with E-state index in [-0.39, 0.29) is 0 Å². The van der Waals surface area contributed by atoms with E-state index in [9.17, 15) is 0 Å². The van der Waals surface area contributed by atoms with Gasteiger partial charge < -0.3 is 10.7 Å². The average Bonchev–Trinajstić information content (AvgIpc) is 2.75. The number of anilines is 1. The molecular weight excluding hydrogens is 301 g/mol. The van der Waals surface area contributed by atoms with Gasteiger partial charge in [0.25, 0.3) is 0 Å². The first kappa shape index (κ1) is 12.7. The zero-order chi connectivity index (χ0) is 13.4. The van der Waals surface area contributed by atoms with Gasteiger partial charge in [-0.05, 0) is 36.4 Å². The van der Waals surface area contributed by atoms with Gasteiger partial charge in [-0.25, -0.2) is 4.98 Å². The summed E-state index contributed by atoms with van der Waals surface area (Å²) >= 11 is 13.5. The highest BCUT2D eigenvalue weighted by Gasteiger charge is 2.08. The van der Waals surface area contributed by atoms with E-state index in [0.717, 1.165) is 21.1 Å². The molecule has 3 rings (SSSR count). The van der Waals surface area contributed by atoms with E-state index < -0.39 is 0 Å². The summed E-state index contributed by atoms with van der Waals surface area (Å²) in [5.41, 5.74) is 8.21. The van der Waals surface area contributed by atoms with Crippen LogP contribution >= 0.6 is 35.0 Å². The number of benzene rings is 2. The van der Waals surface area contributed by atoms with Crippen LogP contribution < -0.4 is 5.73 Å². The smallest absolute Gasteiger partial charge is 0.171 e. The van der Waals surface area contributed by atoms with E-state index >= 15 is 0 Å². The Morgan fingerprint density at radius 1 is 1.11 bits per heavy atom. The van der Waals surface area contributed by atoms with Crippen molar-refractivity contribution in [1.29, 1.82) is 0 Å². The number of halogens is 2. The molecule has 0 aliphatic heterocycles. The number of aromatic amines is 1. The predicted octanol–water partition coefficient (Wildman–Crippen LogP) is 4.60. The van der Waals surface area contributed by atoms with Gasteiger partial charge in [0.15, 0.2) is 5.16 Å². The fraction of sp³-hybridized carbons (Fsp3) is 0. The molecule has 0 aliphatic carbocycles. The molecule has 0 spiro atoms. The van der Waals surface area contributed by atoms with Gasteiger partial charge in [0.05, 0.1) is 16.1 Å². The third kappa shape index (κ3) is 2.66. The Bertz CT molecular complexity index is 755. The van der Waals surface area contributed by atoms with Crippen LogP contribution in [0.5, 0.6) is 0 Å². The zero-order valence-electron chi connectivity index (χ0n) is 9.65. The molecule has 0 atom stereocenters. The molecule has 0 amide bonds. The molecule has 1 heterocycles. The first-order valence-corrected chi connectivity index (χ1v) is 7.07. The summed E-state index contributed by atoms with van der Waals surface area (Å²) in [7, 11) is 0. The minimum atomic E-state index is 0.646. The summed E-state index contributed by atoms with van der Waals surface area (Å²) in [5.74, 6) is 0. The van der Waals surface area contributed by atoms with Crippen molar-refractivity contribution in [3.8, 4) is 0 Å². The molecule has 96 valence electrons. The molecule has 6 heteroatoms. The monoisotopic (exact) mass is 309 g/mol. The Balaban J connectivity index is 1.98. The van der Waals surface area contributed by atoms with Gasteiger partial charge in [0, 0.05) is 15.6 Å². The molecule has 0 radical (unpaired) electrons. The Labute approximate surface area is 124 Å². The van der Waals surface area contributed by atoms with Gasteiger partial charge in [-0.15, -0.1) is 0 Å². The van der Waals surface area contributed by atoms with Crippen molar-refractivity contribution in [2.45, 2.75) is 10.1 Å². The van der Waals surface area contributed by atoms with E-state index in [0.29, 0.717) is 15.7 Å². The maximum atomic E-state index is 6.13. The number of H-pyrrole nitrogens is 1. The molecule has 3 aromatic rings. The van der Waals surface area contributed by atoms with E-state index in [1.54, 1.807) is 12.1 Å². The quantitative estimate of drug-likeness (QED) is 0.680. The third-order valence-electron chi connectivity index (χ3n) is 2.58. The van der Waals surface area contributed by atoms with Gasteiger partial charge in [0.1, 0.15) is 0 Å². The van der Waals surface area contributed by atoms with E-state index in [4.69, 9.17) is 28.9 Å². The highest BCUT2D eigenvalue weighted by molar-refractivity contribution is 7.99. The van der Waals surface area contributed by atoms with Crippen LogP contribution in [0, 0.1) is 0 Å². The van der Waals surface area contributed by atoms with Crippen molar-refractivity contribution in [1.82, 2.24) is 9.97 Å². The molecule has 3 nitrogen and oxygen atoms in total. The number of fused-ring (bicyclic) bond motifs is 1. The maximum Gasteiger partial charge on any atom is 0.171 e. The normalized spacial score (nSPS) is 11.1. The molecule has 0 saturated carbocycles. The van der Waals surface area contributed by atoms with Crippen LogP contribution in [0.15, 0.2) is 46.5 Å². The molecule has 3 N–H and O–H groups in total. The highest BCUT2D eigenvalue weighted by atomic mass is 35.5. The van der Waals surface area contributed by atoms with Crippen molar-refractivity contribution < 1.29 is 0 Å². The maximum absolute atomic E-state index is 6.13. The number of nitrogens with one attached hydrogen (secondary N) is 1. The third-order valence-corrected chi connectivity index (χ3v) is 4.21. The summed E-state index contributed by atoms with van der Waals surface area (Å²) in [4.78, 5) is 8.53. The van der Waals surface area contributed by atoms with Gasteiger partial charge in [-0.3, -0.25) is 0 Å². The molecule has 0 aliphatic rings. The number of nitrogen functional groups attached to an aromatic ring is 1. The highest BCUT2D eigenvalue weighted by Crippen LogP contribution is 2.34. The summed E-state index contributed by atoms with van der Waals surface area (Å²) in [6.45, 7) is 0. The van der Waals surface area contributed by atoms with Crippen molar-refractivity contribution in [2.24, 2.45) is 0 Å². The largest absolute Gasteiger partial charge is 0.399 e. The molecule has 0 bridgehead atoms. The second kappa shape index (κ2) is 4.96. The topological polar surface area (TPSA) is 54.7 Å². The van der Waals surface area contributed by atoms with Crippen LogP contribution in [0.2, 0.25) is 10.0 Å².